The molecule has 0 aliphatic rings. The molecular weight excluding hydrogens is 382 g/mol. The van der Waals surface area contributed by atoms with Crippen molar-refractivity contribution in [1.82, 2.24) is 0 Å². The average Bonchev–Trinajstić information content (AvgIpc) is 2.60. The third kappa shape index (κ3) is 22.7. The summed E-state index contributed by atoms with van der Waals surface area (Å²) in [6.07, 6.45) is 21.7. The highest BCUT2D eigenvalue weighted by Crippen LogP contribution is 2.15. The van der Waals surface area contributed by atoms with Crippen molar-refractivity contribution in [3.05, 3.63) is 0 Å². The lowest BCUT2D eigenvalue weighted by molar-refractivity contribution is -0.915. The van der Waals surface area contributed by atoms with Gasteiger partial charge in [0, 0.05) is 0 Å². The van der Waals surface area contributed by atoms with Crippen molar-refractivity contribution in [2.45, 2.75) is 136 Å². The van der Waals surface area contributed by atoms with Gasteiger partial charge in [0.25, 0.3) is 0 Å². The molecule has 0 radical (unpaired) electrons. The Bertz CT molecular complexity index is 314. The Morgan fingerprint density at radius 3 is 1.10 bits per heavy atom. The summed E-state index contributed by atoms with van der Waals surface area (Å²) in [5.41, 5.74) is 0. The zero-order valence-electron chi connectivity index (χ0n) is 20.3. The Morgan fingerprint density at radius 1 is 0.552 bits per heavy atom. The number of hydrogen-bond acceptors (Lipinski definition) is 2. The fourth-order valence-corrected chi connectivity index (χ4v) is 4.57. The van der Waals surface area contributed by atoms with Crippen LogP contribution in [0.5, 0.6) is 0 Å². The van der Waals surface area contributed by atoms with Gasteiger partial charge in [0.15, 0.2) is 0 Å². The molecule has 0 amide bonds. The SMILES string of the molecule is CCCCCCCCCCCCCCCCCC[N+](C)(CC(C)O)CC(C)O.[Cl-]. The first-order valence-electron chi connectivity index (χ1n) is 12.6. The van der Waals surface area contributed by atoms with Gasteiger partial charge in [0.2, 0.25) is 0 Å². The minimum absolute atomic E-state index is 0. The molecule has 2 N–H and O–H groups in total. The quantitative estimate of drug-likeness (QED) is 0.214. The first-order valence-corrected chi connectivity index (χ1v) is 12.6. The van der Waals surface area contributed by atoms with Gasteiger partial charge in [-0.25, -0.2) is 0 Å². The number of unbranched alkanes of at least 4 members (excludes halogenated alkanes) is 15. The number of nitrogens with zero attached hydrogens (tertiary/aromatic N) is 1. The lowest BCUT2D eigenvalue weighted by atomic mass is 10.0. The molecule has 0 rings (SSSR count). The number of quaternary nitrogens is 1. The molecule has 2 atom stereocenters. The Hall–Kier alpha value is 0.170. The molecular formula is C25H54ClNO2. The molecule has 178 valence electrons. The lowest BCUT2D eigenvalue weighted by Crippen LogP contribution is -3.00. The minimum Gasteiger partial charge on any atom is -1.00 e. The topological polar surface area (TPSA) is 40.5 Å². The zero-order chi connectivity index (χ0) is 21.1. The van der Waals surface area contributed by atoms with Gasteiger partial charge in [0.1, 0.15) is 25.3 Å². The van der Waals surface area contributed by atoms with Crippen LogP contribution in [-0.4, -0.2) is 53.6 Å². The molecule has 0 saturated carbocycles. The number of aliphatic hydroxyl groups excluding tert-OH is 2. The van der Waals surface area contributed by atoms with E-state index in [4.69, 9.17) is 0 Å². The van der Waals surface area contributed by atoms with Gasteiger partial charge < -0.3 is 27.1 Å². The largest absolute Gasteiger partial charge is 1.00 e. The molecule has 3 nitrogen and oxygen atoms in total. The van der Waals surface area contributed by atoms with E-state index in [9.17, 15) is 10.2 Å². The van der Waals surface area contributed by atoms with Crippen LogP contribution in [0, 0.1) is 0 Å². The predicted molar refractivity (Wildman–Crippen MR) is 124 cm³/mol. The van der Waals surface area contributed by atoms with Crippen LogP contribution in [0.4, 0.5) is 0 Å². The van der Waals surface area contributed by atoms with Crippen LogP contribution in [0.25, 0.3) is 0 Å². The Morgan fingerprint density at radius 2 is 0.828 bits per heavy atom. The third-order valence-electron chi connectivity index (χ3n) is 5.96. The number of rotatable bonds is 21. The van der Waals surface area contributed by atoms with Gasteiger partial charge in [-0.1, -0.05) is 96.8 Å². The molecule has 0 spiro atoms. The molecule has 2 unspecified atom stereocenters. The van der Waals surface area contributed by atoms with Crippen LogP contribution in [0.3, 0.4) is 0 Å². The summed E-state index contributed by atoms with van der Waals surface area (Å²) in [4.78, 5) is 0. The van der Waals surface area contributed by atoms with Crippen molar-refractivity contribution >= 4 is 0 Å². The van der Waals surface area contributed by atoms with Crippen molar-refractivity contribution in [3.8, 4) is 0 Å². The van der Waals surface area contributed by atoms with E-state index in [1.165, 1.54) is 103 Å². The standard InChI is InChI=1S/C25H54NO2.ClH/c1-5-6-7-8-9-10-11-12-13-14-15-16-17-18-19-20-21-26(4,22-24(2)27)23-25(3)28;/h24-25,27-28H,5-23H2,1-4H3;1H/q+1;/p-1. The summed E-state index contributed by atoms with van der Waals surface area (Å²) < 4.78 is 0.786. The van der Waals surface area contributed by atoms with Crippen molar-refractivity contribution in [2.24, 2.45) is 0 Å². The second-order valence-corrected chi connectivity index (χ2v) is 9.71. The van der Waals surface area contributed by atoms with Gasteiger partial charge >= 0.3 is 0 Å². The number of halogens is 1. The van der Waals surface area contributed by atoms with Gasteiger partial charge in [-0.3, -0.25) is 0 Å². The van der Waals surface area contributed by atoms with E-state index >= 15 is 0 Å². The second kappa shape index (κ2) is 21.4. The normalized spacial score (nSPS) is 15.5. The summed E-state index contributed by atoms with van der Waals surface area (Å²) in [5, 5.41) is 19.5. The molecule has 0 fully saturated rings. The molecule has 29 heavy (non-hydrogen) atoms. The maximum atomic E-state index is 9.74. The highest BCUT2D eigenvalue weighted by atomic mass is 35.5. The maximum absolute atomic E-state index is 9.74. The molecule has 0 bridgehead atoms. The smallest absolute Gasteiger partial charge is 0.105 e. The average molecular weight is 436 g/mol. The molecule has 0 saturated heterocycles. The summed E-state index contributed by atoms with van der Waals surface area (Å²) in [6, 6.07) is 0. The fourth-order valence-electron chi connectivity index (χ4n) is 4.57. The van der Waals surface area contributed by atoms with Crippen molar-refractivity contribution in [1.29, 1.82) is 0 Å². The highest BCUT2D eigenvalue weighted by molar-refractivity contribution is 4.54. The van der Waals surface area contributed by atoms with E-state index in [0.29, 0.717) is 0 Å². The predicted octanol–water partition coefficient (Wildman–Crippen LogP) is 3.46. The summed E-state index contributed by atoms with van der Waals surface area (Å²) in [7, 11) is 2.17. The van der Waals surface area contributed by atoms with E-state index in [1.54, 1.807) is 0 Å². The monoisotopic (exact) mass is 435 g/mol. The van der Waals surface area contributed by atoms with Gasteiger partial charge in [-0.2, -0.15) is 0 Å². The summed E-state index contributed by atoms with van der Waals surface area (Å²) in [5.74, 6) is 0. The van der Waals surface area contributed by atoms with Crippen LogP contribution >= 0.6 is 0 Å². The van der Waals surface area contributed by atoms with Crippen LogP contribution in [0.2, 0.25) is 0 Å². The van der Waals surface area contributed by atoms with E-state index < -0.39 is 0 Å². The van der Waals surface area contributed by atoms with Crippen LogP contribution in [0.15, 0.2) is 0 Å². The van der Waals surface area contributed by atoms with Gasteiger partial charge in [-0.15, -0.1) is 0 Å². The Balaban J connectivity index is 0. The van der Waals surface area contributed by atoms with Crippen LogP contribution in [-0.2, 0) is 0 Å². The summed E-state index contributed by atoms with van der Waals surface area (Å²) >= 11 is 0. The maximum Gasteiger partial charge on any atom is 0.105 e. The second-order valence-electron chi connectivity index (χ2n) is 9.71. The first kappa shape index (κ1) is 31.4. The lowest BCUT2D eigenvalue weighted by Gasteiger charge is -2.36. The minimum atomic E-state index is -0.301. The number of hydrogen-bond donors (Lipinski definition) is 2. The molecule has 4 heteroatoms. The molecule has 0 aliphatic carbocycles. The number of likely N-dealkylation sites (N-methyl/N-ethyl adjacent to an activating group) is 1. The number of aliphatic hydroxyl groups is 2. The van der Waals surface area contributed by atoms with E-state index in [-0.39, 0.29) is 24.6 Å². The Kier molecular flexibility index (Phi) is 23.1. The first-order chi connectivity index (χ1) is 13.4. The molecule has 0 aromatic carbocycles. The van der Waals surface area contributed by atoms with Crippen molar-refractivity contribution in [2.75, 3.05) is 26.7 Å². The molecule has 0 aliphatic heterocycles. The molecule has 0 aromatic heterocycles. The van der Waals surface area contributed by atoms with Crippen LogP contribution < -0.4 is 12.4 Å². The van der Waals surface area contributed by atoms with Crippen molar-refractivity contribution < 1.29 is 27.1 Å². The van der Waals surface area contributed by atoms with Crippen molar-refractivity contribution in [3.63, 3.8) is 0 Å². The van der Waals surface area contributed by atoms with E-state index in [1.807, 2.05) is 13.8 Å². The summed E-state index contributed by atoms with van der Waals surface area (Å²) in [6.45, 7) is 8.54. The Labute approximate surface area is 189 Å². The van der Waals surface area contributed by atoms with E-state index in [0.717, 1.165) is 24.1 Å². The van der Waals surface area contributed by atoms with Gasteiger partial charge in [0.05, 0.1) is 13.6 Å². The third-order valence-corrected chi connectivity index (χ3v) is 5.96. The zero-order valence-corrected chi connectivity index (χ0v) is 21.1. The molecule has 0 heterocycles. The van der Waals surface area contributed by atoms with Crippen LogP contribution in [0.1, 0.15) is 124 Å². The highest BCUT2D eigenvalue weighted by Gasteiger charge is 2.25. The fraction of sp³-hybridized carbons (Fsp3) is 1.00. The van der Waals surface area contributed by atoms with Gasteiger partial charge in [-0.05, 0) is 26.7 Å². The molecule has 0 aromatic rings. The van der Waals surface area contributed by atoms with E-state index in [2.05, 4.69) is 14.0 Å².